The fraction of sp³-hybridized carbons (Fsp3) is 0.562. The van der Waals surface area contributed by atoms with Gasteiger partial charge >= 0.3 is 0 Å². The van der Waals surface area contributed by atoms with Crippen LogP contribution in [0.5, 0.6) is 0 Å². The van der Waals surface area contributed by atoms with Gasteiger partial charge in [-0.15, -0.1) is 0 Å². The molecule has 2 heterocycles. The van der Waals surface area contributed by atoms with E-state index in [9.17, 15) is 0 Å². The van der Waals surface area contributed by atoms with Crippen LogP contribution < -0.4 is 5.32 Å². The van der Waals surface area contributed by atoms with Gasteiger partial charge in [-0.25, -0.2) is 9.97 Å². The summed E-state index contributed by atoms with van der Waals surface area (Å²) in [5, 5.41) is 7.90. The van der Waals surface area contributed by atoms with Crippen LogP contribution in [-0.4, -0.2) is 26.3 Å². The zero-order valence-corrected chi connectivity index (χ0v) is 13.1. The zero-order valence-electron chi connectivity index (χ0n) is 13.1. The van der Waals surface area contributed by atoms with Gasteiger partial charge in [0, 0.05) is 37.5 Å². The molecule has 0 radical (unpaired) electrons. The van der Waals surface area contributed by atoms with Gasteiger partial charge in [-0.05, 0) is 25.7 Å². The van der Waals surface area contributed by atoms with Crippen molar-refractivity contribution in [2.24, 2.45) is 7.05 Å². The van der Waals surface area contributed by atoms with Gasteiger partial charge in [0.25, 0.3) is 0 Å². The van der Waals surface area contributed by atoms with E-state index in [1.54, 1.807) is 0 Å². The molecule has 2 aromatic rings. The van der Waals surface area contributed by atoms with E-state index in [0.717, 1.165) is 42.3 Å². The third kappa shape index (κ3) is 3.06. The lowest BCUT2D eigenvalue weighted by Crippen LogP contribution is -2.05. The maximum absolute atomic E-state index is 4.79. The van der Waals surface area contributed by atoms with Crippen LogP contribution in [0.3, 0.4) is 0 Å². The molecule has 0 bridgehead atoms. The average molecular weight is 285 g/mol. The van der Waals surface area contributed by atoms with Crippen molar-refractivity contribution in [3.8, 4) is 11.4 Å². The van der Waals surface area contributed by atoms with Gasteiger partial charge < -0.3 is 5.32 Å². The van der Waals surface area contributed by atoms with Crippen molar-refractivity contribution in [3.63, 3.8) is 0 Å². The van der Waals surface area contributed by atoms with Gasteiger partial charge in [0.1, 0.15) is 5.82 Å². The molecule has 112 valence electrons. The van der Waals surface area contributed by atoms with Gasteiger partial charge in [-0.3, -0.25) is 4.68 Å². The van der Waals surface area contributed by atoms with Crippen molar-refractivity contribution >= 4 is 5.82 Å². The van der Waals surface area contributed by atoms with Crippen LogP contribution in [0.2, 0.25) is 0 Å². The summed E-state index contributed by atoms with van der Waals surface area (Å²) in [5.41, 5.74) is 3.29. The van der Waals surface area contributed by atoms with Crippen molar-refractivity contribution < 1.29 is 0 Å². The van der Waals surface area contributed by atoms with E-state index in [1.165, 1.54) is 18.5 Å². The van der Waals surface area contributed by atoms with Gasteiger partial charge in [0.2, 0.25) is 0 Å². The first-order valence-corrected chi connectivity index (χ1v) is 7.87. The molecule has 1 saturated carbocycles. The molecule has 0 saturated heterocycles. The van der Waals surface area contributed by atoms with E-state index >= 15 is 0 Å². The lowest BCUT2D eigenvalue weighted by atomic mass is 10.2. The molecule has 0 aliphatic heterocycles. The topological polar surface area (TPSA) is 55.6 Å². The molecular weight excluding hydrogens is 262 g/mol. The smallest absolute Gasteiger partial charge is 0.165 e. The van der Waals surface area contributed by atoms with Crippen molar-refractivity contribution in [1.82, 2.24) is 19.7 Å². The van der Waals surface area contributed by atoms with Crippen molar-refractivity contribution in [3.05, 3.63) is 23.7 Å². The summed E-state index contributed by atoms with van der Waals surface area (Å²) in [6.07, 6.45) is 6.50. The molecule has 5 heteroatoms. The molecule has 0 spiro atoms. The largest absolute Gasteiger partial charge is 0.370 e. The Morgan fingerprint density at radius 1 is 1.29 bits per heavy atom. The minimum absolute atomic E-state index is 0.621. The Balaban J connectivity index is 2.01. The van der Waals surface area contributed by atoms with Crippen molar-refractivity contribution in [2.75, 3.05) is 11.9 Å². The third-order valence-electron chi connectivity index (χ3n) is 3.78. The monoisotopic (exact) mass is 285 g/mol. The maximum atomic E-state index is 4.79. The summed E-state index contributed by atoms with van der Waals surface area (Å²) in [6, 6.07) is 2.11. The summed E-state index contributed by atoms with van der Waals surface area (Å²) < 4.78 is 1.85. The van der Waals surface area contributed by atoms with Crippen LogP contribution in [-0.2, 0) is 13.5 Å². The molecule has 21 heavy (non-hydrogen) atoms. The van der Waals surface area contributed by atoms with Gasteiger partial charge in [0.15, 0.2) is 5.82 Å². The van der Waals surface area contributed by atoms with E-state index in [4.69, 9.17) is 9.97 Å². The Bertz CT molecular complexity index is 628. The van der Waals surface area contributed by atoms with Crippen molar-refractivity contribution in [2.45, 2.75) is 45.4 Å². The van der Waals surface area contributed by atoms with Crippen LogP contribution >= 0.6 is 0 Å². The number of rotatable bonds is 6. The van der Waals surface area contributed by atoms with E-state index in [1.807, 2.05) is 17.9 Å². The average Bonchev–Trinajstić information content (AvgIpc) is 3.27. The molecule has 0 atom stereocenters. The quantitative estimate of drug-likeness (QED) is 0.886. The number of nitrogens with one attached hydrogen (secondary N) is 1. The fourth-order valence-electron chi connectivity index (χ4n) is 2.50. The van der Waals surface area contributed by atoms with Crippen molar-refractivity contribution in [1.29, 1.82) is 0 Å². The standard InChI is InChI=1S/C16H23N5/c1-4-8-17-15-9-14(11-6-7-11)18-16(19-15)12-10-21(3)20-13(12)5-2/h9-11H,4-8H2,1-3H3,(H,17,18,19). The Kier molecular flexibility index (Phi) is 3.90. The molecule has 1 aliphatic carbocycles. The lowest BCUT2D eigenvalue weighted by Gasteiger charge is -2.09. The predicted molar refractivity (Wildman–Crippen MR) is 84.4 cm³/mol. The second-order valence-electron chi connectivity index (χ2n) is 5.72. The summed E-state index contributed by atoms with van der Waals surface area (Å²) in [5.74, 6) is 2.37. The minimum Gasteiger partial charge on any atom is -0.370 e. The second-order valence-corrected chi connectivity index (χ2v) is 5.72. The number of hydrogen-bond acceptors (Lipinski definition) is 4. The highest BCUT2D eigenvalue weighted by Crippen LogP contribution is 2.40. The first kappa shape index (κ1) is 14.0. The van der Waals surface area contributed by atoms with Crippen LogP contribution in [0, 0.1) is 0 Å². The highest BCUT2D eigenvalue weighted by molar-refractivity contribution is 5.60. The van der Waals surface area contributed by atoms with E-state index in [2.05, 4.69) is 30.3 Å². The van der Waals surface area contributed by atoms with Crippen LogP contribution in [0.4, 0.5) is 5.82 Å². The number of anilines is 1. The number of aryl methyl sites for hydroxylation is 2. The van der Waals surface area contributed by atoms with Gasteiger partial charge in [-0.2, -0.15) is 5.10 Å². The molecule has 0 amide bonds. The number of nitrogens with zero attached hydrogens (tertiary/aromatic N) is 4. The minimum atomic E-state index is 0.621. The van der Waals surface area contributed by atoms with E-state index in [-0.39, 0.29) is 0 Å². The summed E-state index contributed by atoms with van der Waals surface area (Å²) >= 11 is 0. The van der Waals surface area contributed by atoms with Crippen LogP contribution in [0.15, 0.2) is 12.3 Å². The molecular formula is C16H23N5. The molecule has 2 aromatic heterocycles. The SMILES string of the molecule is CCCNc1cc(C2CC2)nc(-c2cn(C)nc2CC)n1. The highest BCUT2D eigenvalue weighted by Gasteiger charge is 2.26. The summed E-state index contributed by atoms with van der Waals surface area (Å²) in [4.78, 5) is 9.49. The predicted octanol–water partition coefficient (Wildman–Crippen LogP) is 3.14. The Morgan fingerprint density at radius 3 is 2.76 bits per heavy atom. The lowest BCUT2D eigenvalue weighted by molar-refractivity contribution is 0.746. The Hall–Kier alpha value is -1.91. The normalized spacial score (nSPS) is 14.4. The van der Waals surface area contributed by atoms with E-state index in [0.29, 0.717) is 5.92 Å². The highest BCUT2D eigenvalue weighted by atomic mass is 15.3. The second kappa shape index (κ2) is 5.84. The molecule has 3 rings (SSSR count). The molecule has 1 fully saturated rings. The van der Waals surface area contributed by atoms with E-state index < -0.39 is 0 Å². The Morgan fingerprint density at radius 2 is 2.10 bits per heavy atom. The first-order chi connectivity index (χ1) is 10.2. The number of hydrogen-bond donors (Lipinski definition) is 1. The molecule has 5 nitrogen and oxygen atoms in total. The maximum Gasteiger partial charge on any atom is 0.165 e. The third-order valence-corrected chi connectivity index (χ3v) is 3.78. The number of aromatic nitrogens is 4. The molecule has 0 unspecified atom stereocenters. The van der Waals surface area contributed by atoms with Crippen LogP contribution in [0.25, 0.3) is 11.4 Å². The summed E-state index contributed by atoms with van der Waals surface area (Å²) in [7, 11) is 1.95. The molecule has 1 aliphatic rings. The van der Waals surface area contributed by atoms with Crippen LogP contribution in [0.1, 0.15) is 50.4 Å². The zero-order chi connectivity index (χ0) is 14.8. The van der Waals surface area contributed by atoms with Gasteiger partial charge in [0.05, 0.1) is 11.3 Å². The van der Waals surface area contributed by atoms with Gasteiger partial charge in [-0.1, -0.05) is 13.8 Å². The fourth-order valence-corrected chi connectivity index (χ4v) is 2.50. The Labute approximate surface area is 125 Å². The molecule has 0 aromatic carbocycles. The molecule has 1 N–H and O–H groups in total. The summed E-state index contributed by atoms with van der Waals surface area (Å²) in [6.45, 7) is 5.22. The first-order valence-electron chi connectivity index (χ1n) is 7.87.